The highest BCUT2D eigenvalue weighted by atomic mass is 16.4. The van der Waals surface area contributed by atoms with Crippen molar-refractivity contribution in [2.45, 2.75) is 128 Å². The number of carboxylic acids is 7. The molecule has 2 aromatic heterocycles. The molecular formula is C55H90N16O19. The zero-order valence-electron chi connectivity index (χ0n) is 50.7. The number of rotatable bonds is 44. The lowest BCUT2D eigenvalue weighted by Crippen LogP contribution is -2.51. The second kappa shape index (κ2) is 42.5. The number of nitrogens with zero attached hydrogens (tertiary/aromatic N) is 9. The number of aliphatic carboxylic acids is 7. The maximum absolute atomic E-state index is 13.8. The number of carboxylic acid groups (broad SMARTS) is 7. The predicted molar refractivity (Wildman–Crippen MR) is 317 cm³/mol. The summed E-state index contributed by atoms with van der Waals surface area (Å²) >= 11 is 0. The summed E-state index contributed by atoms with van der Waals surface area (Å²) in [4.78, 5) is 163. The van der Waals surface area contributed by atoms with E-state index in [0.29, 0.717) is 76.0 Å². The molecule has 0 bridgehead atoms. The summed E-state index contributed by atoms with van der Waals surface area (Å²) in [6.45, 7) is 0.848. The first kappa shape index (κ1) is 75.9. The van der Waals surface area contributed by atoms with Crippen molar-refractivity contribution in [3.05, 3.63) is 36.4 Å². The molecule has 6 amide bonds. The molecule has 0 radical (unpaired) electrons. The van der Waals surface area contributed by atoms with E-state index in [-0.39, 0.29) is 162 Å². The van der Waals surface area contributed by atoms with Gasteiger partial charge in [0.1, 0.15) is 43.4 Å². The third-order valence-corrected chi connectivity index (χ3v) is 14.4. The molecule has 15 N–H and O–H groups in total. The van der Waals surface area contributed by atoms with Gasteiger partial charge in [-0.3, -0.25) is 72.4 Å². The lowest BCUT2D eigenvalue weighted by atomic mass is 10.1. The smallest absolute Gasteiger partial charge is 0.326 e. The Bertz CT molecular complexity index is 2550. The van der Waals surface area contributed by atoms with Gasteiger partial charge < -0.3 is 82.5 Å². The van der Waals surface area contributed by atoms with Crippen molar-refractivity contribution in [2.75, 3.05) is 111 Å². The summed E-state index contributed by atoms with van der Waals surface area (Å²) in [7, 11) is 0. The molecule has 1 aliphatic rings. The number of amides is 6. The first-order valence-corrected chi connectivity index (χ1v) is 29.9. The minimum atomic E-state index is -1.30. The molecule has 2 aromatic rings. The highest BCUT2D eigenvalue weighted by Gasteiger charge is 2.26. The van der Waals surface area contributed by atoms with E-state index in [0.717, 1.165) is 0 Å². The summed E-state index contributed by atoms with van der Waals surface area (Å²) < 4.78 is 2.95. The van der Waals surface area contributed by atoms with Crippen LogP contribution in [0.5, 0.6) is 0 Å². The number of carbonyl (C=O) groups is 12. The summed E-state index contributed by atoms with van der Waals surface area (Å²) in [6.07, 6.45) is 10.5. The zero-order chi connectivity index (χ0) is 66.4. The maximum Gasteiger partial charge on any atom is 0.326 e. The number of unbranched alkanes of at least 4 members (excludes halogenated alkanes) is 5. The number of hydrogen-bond donors (Lipinski definition) is 14. The van der Waals surface area contributed by atoms with Gasteiger partial charge in [0.2, 0.25) is 23.6 Å². The Morgan fingerprint density at radius 1 is 0.456 bits per heavy atom. The summed E-state index contributed by atoms with van der Waals surface area (Å²) in [6, 6.07) is -4.28. The van der Waals surface area contributed by atoms with Gasteiger partial charge in [-0.2, -0.15) is 0 Å². The summed E-state index contributed by atoms with van der Waals surface area (Å²) in [5, 5.41) is 81.1. The number of hydrogen-bond acceptors (Lipinski definition) is 20. The van der Waals surface area contributed by atoms with E-state index in [1.807, 2.05) is 10.2 Å². The van der Waals surface area contributed by atoms with E-state index in [1.54, 1.807) is 19.6 Å². The Labute approximate surface area is 520 Å². The molecule has 0 aliphatic carbocycles. The Balaban J connectivity index is 1.59. The van der Waals surface area contributed by atoms with Crippen LogP contribution in [0.15, 0.2) is 24.8 Å². The number of carbonyl (C=O) groups excluding carboxylic acids is 5. The molecular weight excluding hydrogens is 1190 g/mol. The van der Waals surface area contributed by atoms with Crippen molar-refractivity contribution in [1.29, 1.82) is 0 Å². The normalized spacial score (nSPS) is 14.8. The van der Waals surface area contributed by atoms with Crippen molar-refractivity contribution in [2.24, 2.45) is 5.73 Å². The van der Waals surface area contributed by atoms with Crippen LogP contribution in [0.25, 0.3) is 0 Å². The predicted octanol–water partition coefficient (Wildman–Crippen LogP) is -3.20. The van der Waals surface area contributed by atoms with Gasteiger partial charge in [-0.15, -0.1) is 0 Å². The second-order valence-corrected chi connectivity index (χ2v) is 21.8. The average Bonchev–Trinajstić information content (AvgIpc) is 2.90. The fourth-order valence-corrected chi connectivity index (χ4v) is 9.63. The van der Waals surface area contributed by atoms with Crippen LogP contribution in [0.1, 0.15) is 95.1 Å². The third-order valence-electron chi connectivity index (χ3n) is 14.4. The van der Waals surface area contributed by atoms with Gasteiger partial charge in [0.05, 0.1) is 45.3 Å². The van der Waals surface area contributed by atoms with Crippen molar-refractivity contribution >= 4 is 71.4 Å². The van der Waals surface area contributed by atoms with Gasteiger partial charge >= 0.3 is 47.8 Å². The molecule has 1 aliphatic heterocycles. The van der Waals surface area contributed by atoms with Gasteiger partial charge in [-0.25, -0.2) is 19.6 Å². The lowest BCUT2D eigenvalue weighted by molar-refractivity contribution is -0.140. The van der Waals surface area contributed by atoms with E-state index >= 15 is 0 Å². The van der Waals surface area contributed by atoms with Gasteiger partial charge in [-0.05, 0) is 77.2 Å². The average molecular weight is 1280 g/mol. The molecule has 0 spiro atoms. The molecule has 3 heterocycles. The van der Waals surface area contributed by atoms with Crippen molar-refractivity contribution in [3.8, 4) is 0 Å². The van der Waals surface area contributed by atoms with Crippen LogP contribution in [0.4, 0.5) is 4.79 Å². The monoisotopic (exact) mass is 1280 g/mol. The molecule has 1 fully saturated rings. The molecule has 3 rings (SSSR count). The van der Waals surface area contributed by atoms with Crippen LogP contribution >= 0.6 is 0 Å². The van der Waals surface area contributed by atoms with E-state index in [4.69, 9.17) is 10.8 Å². The van der Waals surface area contributed by atoms with Crippen LogP contribution < -0.4 is 37.6 Å². The van der Waals surface area contributed by atoms with Gasteiger partial charge in [0.15, 0.2) is 0 Å². The minimum Gasteiger partial charge on any atom is -0.480 e. The molecule has 0 aromatic carbocycles. The largest absolute Gasteiger partial charge is 0.480 e. The Hall–Kier alpha value is -8.38. The fourth-order valence-electron chi connectivity index (χ4n) is 9.63. The minimum absolute atomic E-state index is 0.0424. The van der Waals surface area contributed by atoms with E-state index in [1.165, 1.54) is 33.9 Å². The first-order chi connectivity index (χ1) is 42.9. The zero-order valence-corrected chi connectivity index (χ0v) is 50.7. The number of aromatic nitrogens is 4. The number of urea groups is 1. The van der Waals surface area contributed by atoms with Crippen LogP contribution in [0.3, 0.4) is 0 Å². The van der Waals surface area contributed by atoms with Crippen LogP contribution in [0, 0.1) is 0 Å². The molecule has 3 atom stereocenters. The van der Waals surface area contributed by atoms with E-state index < -0.39 is 84.3 Å². The Kier molecular flexibility index (Phi) is 35.9. The second-order valence-electron chi connectivity index (χ2n) is 21.8. The van der Waals surface area contributed by atoms with Crippen molar-refractivity contribution in [1.82, 2.24) is 75.5 Å². The molecule has 35 nitrogen and oxygen atoms in total. The fraction of sp³-hybridized carbons (Fsp3) is 0.673. The highest BCUT2D eigenvalue weighted by molar-refractivity contribution is 5.89. The quantitative estimate of drug-likeness (QED) is 0.0291. The van der Waals surface area contributed by atoms with Crippen molar-refractivity contribution in [3.63, 3.8) is 0 Å². The van der Waals surface area contributed by atoms with Crippen LogP contribution in [-0.2, 0) is 78.9 Å². The SMILES string of the molecule is NC(CCCCNC(=O)CN1CCN(CC(=O)O)CCN(CC(=O)O)CCN(CC(=O)O)CC1)C(=O)NC(CCCCN(Cc1nccn1CC(=O)O)Cc1nccn1CC(=O)O)C(=O)NCCCCCC(=O)NCCCCC(NC(=O)NCC(=O)O)C(=O)O. The molecule has 1 saturated heterocycles. The molecule has 3 unspecified atom stereocenters. The maximum atomic E-state index is 13.8. The molecule has 0 saturated carbocycles. The molecule has 35 heteroatoms. The lowest BCUT2D eigenvalue weighted by Gasteiger charge is -2.32. The first-order valence-electron chi connectivity index (χ1n) is 29.9. The third kappa shape index (κ3) is 33.8. The Morgan fingerprint density at radius 2 is 0.889 bits per heavy atom. The van der Waals surface area contributed by atoms with Gasteiger partial charge in [0, 0.05) is 103 Å². The molecule has 504 valence electrons. The standard InChI is InChI=1S/C55H90N16O19/c56-39(10-3-7-15-60-45(73)33-65-22-24-66(34-47(76)77)26-28-68(36-49(80)81)29-27-67(25-23-65)35-48(78)79)52(86)63-40(11-5-9-19-69(31-42-57-17-20-70(42)37-50(82)83)32-43-58-18-21-71(43)38-51(84)85)53(87)61-16-6-1-2-13-44(72)59-14-8-4-12-41(54(88)89)64-55(90)62-30-46(74)75/h17-18,20-21,39-41H,1-16,19,22-38,56H2,(H,59,72)(H,60,73)(H,61,87)(H,63,86)(H,74,75)(H,76,77)(H,78,79)(H,80,81)(H,82,83)(H,84,85)(H,88,89)(H2,62,64,90). The topological polar surface area (TPSA) is 496 Å². The Morgan fingerprint density at radius 3 is 1.37 bits per heavy atom. The van der Waals surface area contributed by atoms with Crippen molar-refractivity contribution < 1.29 is 93.3 Å². The highest BCUT2D eigenvalue weighted by Crippen LogP contribution is 2.14. The van der Waals surface area contributed by atoms with Crippen LogP contribution in [-0.4, -0.2) is 280 Å². The van der Waals surface area contributed by atoms with E-state index in [9.17, 15) is 88.2 Å². The number of nitrogens with one attached hydrogen (secondary N) is 6. The van der Waals surface area contributed by atoms with Gasteiger partial charge in [0.25, 0.3) is 0 Å². The molecule has 90 heavy (non-hydrogen) atoms. The van der Waals surface area contributed by atoms with Gasteiger partial charge in [-0.1, -0.05) is 6.42 Å². The summed E-state index contributed by atoms with van der Waals surface area (Å²) in [5.41, 5.74) is 6.37. The van der Waals surface area contributed by atoms with Crippen LogP contribution in [0.2, 0.25) is 0 Å². The number of imidazole rings is 2. The number of nitrogens with two attached hydrogens (primary N) is 1. The summed E-state index contributed by atoms with van der Waals surface area (Å²) in [5.74, 6) is -8.78. The van der Waals surface area contributed by atoms with E-state index in [2.05, 4.69) is 36.6 Å².